The van der Waals surface area contributed by atoms with Crippen LogP contribution in [0.2, 0.25) is 39.7 Å². The number of pyridine rings is 2. The summed E-state index contributed by atoms with van der Waals surface area (Å²) in [6.45, 7) is 10.7. The molecule has 62 heavy (non-hydrogen) atoms. The van der Waals surface area contributed by atoms with E-state index in [0.717, 1.165) is 17.1 Å². The smallest absolute Gasteiger partial charge is 0.270 e. The maximum atomic E-state index is 12.1. The van der Waals surface area contributed by atoms with Gasteiger partial charge in [0.25, 0.3) is 5.56 Å². The van der Waals surface area contributed by atoms with Crippen molar-refractivity contribution in [2.24, 2.45) is 0 Å². The van der Waals surface area contributed by atoms with E-state index >= 15 is 0 Å². The van der Waals surface area contributed by atoms with Gasteiger partial charge in [0.1, 0.15) is 40.4 Å². The molecule has 2 heterocycles. The molecule has 10 nitrogen and oxygen atoms in total. The molecule has 0 bridgehead atoms. The standard InChI is InChI=1S/C22H18Cl2N2O3.C21H16Cl2N2O3.C3H9ClSi/c1-14-19(8-9-28-17-6-4-3-5-7-17)21(20(24)22(26-14)27-2)29-18-11-15(13-25)10-16(23)12-18;1-13-18(7-8-27-16-5-3-2-4-6-16)20(19(23)21(26)25-13)28-17-10-14(12-24)9-15(22)11-17;1-5(2,3)4/h3-7,10-12H,8-9H2,1-2H3;2-6,9-11H,7-8H2,1H3,(H,25,26);1-3H3. The normalized spacial score (nSPS) is 10.5. The summed E-state index contributed by atoms with van der Waals surface area (Å²) < 4.78 is 28.7. The van der Waals surface area contributed by atoms with Gasteiger partial charge in [0, 0.05) is 45.4 Å². The highest BCUT2D eigenvalue weighted by Gasteiger charge is 2.21. The number of nitriles is 2. The Kier molecular flexibility index (Phi) is 18.9. The number of hydrogen-bond acceptors (Lipinski definition) is 9. The Morgan fingerprint density at radius 1 is 0.661 bits per heavy atom. The number of aryl methyl sites for hydroxylation is 2. The topological polar surface area (TPSA) is 139 Å². The predicted molar refractivity (Wildman–Crippen MR) is 250 cm³/mol. The number of aromatic amines is 1. The molecular formula is C46H43Cl5N4O6Si. The Hall–Kier alpha value is -5.37. The quantitative estimate of drug-likeness (QED) is 0.0885. The van der Waals surface area contributed by atoms with Gasteiger partial charge in [-0.15, -0.1) is 0 Å². The largest absolute Gasteiger partial charge is 0.493 e. The van der Waals surface area contributed by atoms with E-state index in [1.54, 1.807) is 31.2 Å². The number of aromatic nitrogens is 2. The van der Waals surface area contributed by atoms with Gasteiger partial charge in [0.05, 0.1) is 43.6 Å². The summed E-state index contributed by atoms with van der Waals surface area (Å²) in [6.07, 6.45) is 0.969. The number of rotatable bonds is 13. The van der Waals surface area contributed by atoms with Crippen molar-refractivity contribution in [2.75, 3.05) is 20.3 Å². The van der Waals surface area contributed by atoms with Gasteiger partial charge in [-0.1, -0.05) is 102 Å². The number of benzene rings is 4. The number of halogens is 5. The summed E-state index contributed by atoms with van der Waals surface area (Å²) in [4.78, 5) is 19.2. The van der Waals surface area contributed by atoms with Crippen molar-refractivity contribution in [3.8, 4) is 52.5 Å². The van der Waals surface area contributed by atoms with Gasteiger partial charge in [-0.05, 0) is 74.5 Å². The highest BCUT2D eigenvalue weighted by Crippen LogP contribution is 2.41. The minimum absolute atomic E-state index is 0.0706. The van der Waals surface area contributed by atoms with Crippen LogP contribution in [0.3, 0.4) is 0 Å². The van der Waals surface area contributed by atoms with Crippen molar-refractivity contribution >= 4 is 64.9 Å². The Morgan fingerprint density at radius 2 is 1.10 bits per heavy atom. The van der Waals surface area contributed by atoms with Crippen LogP contribution in [0.4, 0.5) is 0 Å². The van der Waals surface area contributed by atoms with Crippen LogP contribution in [0, 0.1) is 36.5 Å². The van der Waals surface area contributed by atoms with E-state index < -0.39 is 12.9 Å². The first-order valence-electron chi connectivity index (χ1n) is 19.0. The fraction of sp³-hybridized carbons (Fsp3) is 0.217. The second-order valence-corrected chi connectivity index (χ2v) is 23.4. The molecule has 0 atom stereocenters. The van der Waals surface area contributed by atoms with Gasteiger partial charge in [0.2, 0.25) is 5.88 Å². The van der Waals surface area contributed by atoms with Crippen molar-refractivity contribution in [1.82, 2.24) is 9.97 Å². The average Bonchev–Trinajstić information content (AvgIpc) is 3.23. The molecule has 0 saturated heterocycles. The first kappa shape index (κ1) is 49.3. The number of H-pyrrole nitrogens is 1. The van der Waals surface area contributed by atoms with Gasteiger partial charge >= 0.3 is 0 Å². The summed E-state index contributed by atoms with van der Waals surface area (Å²) >= 11 is 30.5. The lowest BCUT2D eigenvalue weighted by molar-refractivity contribution is 0.318. The van der Waals surface area contributed by atoms with E-state index in [1.807, 2.05) is 73.7 Å². The number of ether oxygens (including phenoxy) is 5. The number of para-hydroxylation sites is 2. The van der Waals surface area contributed by atoms with Crippen molar-refractivity contribution in [1.29, 1.82) is 10.5 Å². The van der Waals surface area contributed by atoms with Crippen LogP contribution < -0.4 is 29.2 Å². The molecule has 6 aromatic rings. The van der Waals surface area contributed by atoms with Gasteiger partial charge in [-0.25, -0.2) is 4.98 Å². The summed E-state index contributed by atoms with van der Waals surface area (Å²) in [7, 11) is 0.350. The molecule has 0 fully saturated rings. The van der Waals surface area contributed by atoms with Crippen LogP contribution in [-0.2, 0) is 12.8 Å². The second kappa shape index (κ2) is 23.7. The first-order chi connectivity index (χ1) is 29.5. The number of hydrogen-bond donors (Lipinski definition) is 1. The van der Waals surface area contributed by atoms with Crippen LogP contribution in [0.1, 0.15) is 33.6 Å². The van der Waals surface area contributed by atoms with Crippen LogP contribution in [0.25, 0.3) is 0 Å². The molecule has 0 amide bonds. The van der Waals surface area contributed by atoms with Gasteiger partial charge in [-0.2, -0.15) is 21.6 Å². The van der Waals surface area contributed by atoms with Crippen molar-refractivity contribution in [3.05, 3.63) is 161 Å². The molecule has 16 heteroatoms. The molecule has 0 aliphatic rings. The summed E-state index contributed by atoms with van der Waals surface area (Å²) in [5, 5.41) is 19.2. The third-order valence-electron chi connectivity index (χ3n) is 8.16. The first-order valence-corrected chi connectivity index (χ1v) is 25.0. The Morgan fingerprint density at radius 3 is 1.53 bits per heavy atom. The molecular weight excluding hydrogens is 910 g/mol. The average molecular weight is 953 g/mol. The number of methoxy groups -OCH3 is 1. The van der Waals surface area contributed by atoms with Crippen molar-refractivity contribution in [3.63, 3.8) is 0 Å². The zero-order valence-electron chi connectivity index (χ0n) is 34.7. The lowest BCUT2D eigenvalue weighted by Crippen LogP contribution is -2.14. The van der Waals surface area contributed by atoms with Gasteiger partial charge in [-0.3, -0.25) is 4.79 Å². The van der Waals surface area contributed by atoms with E-state index in [9.17, 15) is 10.1 Å². The molecule has 322 valence electrons. The Balaban J connectivity index is 0.000000246. The molecule has 1 N–H and O–H groups in total. The van der Waals surface area contributed by atoms with Gasteiger partial charge in [0.15, 0.2) is 11.5 Å². The number of nitrogens with zero attached hydrogens (tertiary/aromatic N) is 3. The molecule has 0 aliphatic carbocycles. The SMILES string of the molecule is COc1nc(C)c(CCOc2ccccc2)c(Oc2cc(Cl)cc(C#N)c2)c1Cl.C[Si](C)(C)Cl.Cc1[nH]c(=O)c(Cl)c(Oc2cc(Cl)cc(C#N)c2)c1CCOc1ccccc1. The zero-order chi connectivity index (χ0) is 45.4. The lowest BCUT2D eigenvalue weighted by atomic mass is 10.1. The summed E-state index contributed by atoms with van der Waals surface area (Å²) in [6, 6.07) is 32.4. The van der Waals surface area contributed by atoms with Crippen LogP contribution in [0.5, 0.6) is 40.4 Å². The van der Waals surface area contributed by atoms with E-state index in [0.29, 0.717) is 81.4 Å². The minimum atomic E-state index is -1.14. The maximum Gasteiger partial charge on any atom is 0.270 e. The Bertz CT molecular complexity index is 2590. The van der Waals surface area contributed by atoms with E-state index in [1.165, 1.54) is 19.2 Å². The van der Waals surface area contributed by atoms with Crippen molar-refractivity contribution in [2.45, 2.75) is 46.3 Å². The highest BCUT2D eigenvalue weighted by atomic mass is 35.6. The van der Waals surface area contributed by atoms with E-state index in [4.69, 9.17) is 86.4 Å². The van der Waals surface area contributed by atoms with Gasteiger partial charge < -0.3 is 28.7 Å². The number of nitrogens with one attached hydrogen (secondary N) is 1. The molecule has 0 unspecified atom stereocenters. The van der Waals surface area contributed by atoms with E-state index in [-0.39, 0.29) is 21.7 Å². The second-order valence-electron chi connectivity index (χ2n) is 14.2. The molecule has 0 aliphatic heterocycles. The lowest BCUT2D eigenvalue weighted by Gasteiger charge is -2.17. The van der Waals surface area contributed by atoms with Crippen LogP contribution in [-0.4, -0.2) is 37.7 Å². The monoisotopic (exact) mass is 950 g/mol. The molecule has 6 rings (SSSR count). The minimum Gasteiger partial charge on any atom is -0.493 e. The highest BCUT2D eigenvalue weighted by molar-refractivity contribution is 7.18. The summed E-state index contributed by atoms with van der Waals surface area (Å²) in [5.41, 5.74) is 3.10. The molecule has 0 spiro atoms. The van der Waals surface area contributed by atoms with Crippen LogP contribution in [0.15, 0.2) is 102 Å². The third-order valence-corrected chi connectivity index (χ3v) is 9.27. The maximum absolute atomic E-state index is 12.1. The summed E-state index contributed by atoms with van der Waals surface area (Å²) in [5.74, 6) is 3.12. The fourth-order valence-corrected chi connectivity index (χ4v) is 6.42. The molecule has 4 aromatic carbocycles. The molecule has 2 aromatic heterocycles. The molecule has 0 radical (unpaired) electrons. The molecule has 0 saturated carbocycles. The van der Waals surface area contributed by atoms with Crippen LogP contribution >= 0.6 is 57.5 Å². The zero-order valence-corrected chi connectivity index (χ0v) is 39.5. The third kappa shape index (κ3) is 15.5. The van der Waals surface area contributed by atoms with Crippen molar-refractivity contribution < 1.29 is 23.7 Å². The predicted octanol–water partition coefficient (Wildman–Crippen LogP) is 13.3. The van der Waals surface area contributed by atoms with E-state index in [2.05, 4.69) is 35.7 Å². The fourth-order valence-electron chi connectivity index (χ4n) is 5.50. The Labute approximate surface area is 387 Å².